The van der Waals surface area contributed by atoms with E-state index >= 15 is 0 Å². The van der Waals surface area contributed by atoms with E-state index in [1.807, 2.05) is 24.3 Å². The van der Waals surface area contributed by atoms with Crippen LogP contribution in [0.2, 0.25) is 0 Å². The van der Waals surface area contributed by atoms with E-state index in [1.165, 1.54) is 12.1 Å². The monoisotopic (exact) mass is 549 g/mol. The van der Waals surface area contributed by atoms with Crippen LogP contribution >= 0.6 is 0 Å². The molecule has 0 atom stereocenters. The first-order valence-electron chi connectivity index (χ1n) is 12.8. The van der Waals surface area contributed by atoms with E-state index in [1.54, 1.807) is 0 Å². The van der Waals surface area contributed by atoms with Gasteiger partial charge in [-0.3, -0.25) is 0 Å². The van der Waals surface area contributed by atoms with Crippen LogP contribution in [0.4, 0.5) is 24.9 Å². The smallest absolute Gasteiger partial charge is 0.365 e. The van der Waals surface area contributed by atoms with Gasteiger partial charge >= 0.3 is 6.18 Å². The van der Waals surface area contributed by atoms with Gasteiger partial charge in [-0.25, -0.2) is 18.1 Å². The van der Waals surface area contributed by atoms with Gasteiger partial charge in [-0.15, -0.1) is 0 Å². The zero-order valence-electron chi connectivity index (χ0n) is 21.8. The van der Waals surface area contributed by atoms with Crippen molar-refractivity contribution in [1.29, 1.82) is 0 Å². The molecule has 38 heavy (non-hydrogen) atoms. The van der Waals surface area contributed by atoms with Crippen LogP contribution in [0.5, 0.6) is 0 Å². The summed E-state index contributed by atoms with van der Waals surface area (Å²) in [6.45, 7) is 7.02. The lowest BCUT2D eigenvalue weighted by atomic mass is 9.82. The zero-order chi connectivity index (χ0) is 27.6. The average molecular weight is 550 g/mol. The number of nitrogens with one attached hydrogen (secondary N) is 3. The number of rotatable bonds is 8. The molecule has 1 fully saturated rings. The lowest BCUT2D eigenvalue weighted by Gasteiger charge is -2.29. The molecule has 0 amide bonds. The zero-order valence-corrected chi connectivity index (χ0v) is 22.6. The Labute approximate surface area is 221 Å². The minimum atomic E-state index is -4.74. The molecule has 1 heterocycles. The van der Waals surface area contributed by atoms with Crippen LogP contribution in [-0.2, 0) is 16.2 Å². The number of halogens is 3. The predicted molar refractivity (Wildman–Crippen MR) is 143 cm³/mol. The molecule has 0 saturated heterocycles. The lowest BCUT2D eigenvalue weighted by molar-refractivity contribution is -0.139. The minimum absolute atomic E-state index is 0.0681. The summed E-state index contributed by atoms with van der Waals surface area (Å²) in [6.07, 6.45) is -1.43. The van der Waals surface area contributed by atoms with Crippen molar-refractivity contribution >= 4 is 32.7 Å². The Balaban J connectivity index is 1.32. The molecule has 1 aromatic heterocycles. The fourth-order valence-electron chi connectivity index (χ4n) is 4.72. The number of alkyl halides is 3. The van der Waals surface area contributed by atoms with Gasteiger partial charge in [0, 0.05) is 24.0 Å². The Morgan fingerprint density at radius 1 is 0.868 bits per heavy atom. The predicted octanol–water partition coefficient (Wildman–Crippen LogP) is 6.06. The molecule has 2 aromatic carbocycles. The van der Waals surface area contributed by atoms with Gasteiger partial charge in [0.05, 0.1) is 16.0 Å². The summed E-state index contributed by atoms with van der Waals surface area (Å²) in [5.41, 5.74) is -0.470. The third-order valence-corrected chi connectivity index (χ3v) is 8.14. The Bertz CT molecular complexity index is 1370. The van der Waals surface area contributed by atoms with E-state index < -0.39 is 26.7 Å². The van der Waals surface area contributed by atoms with Gasteiger partial charge in [-0.2, -0.15) is 18.2 Å². The molecule has 11 heteroatoms. The molecule has 3 N–H and O–H groups in total. The fraction of sp³-hybridized carbons (Fsp3) is 0.481. The molecule has 1 saturated carbocycles. The number of anilines is 2. The van der Waals surface area contributed by atoms with Gasteiger partial charge in [0.25, 0.3) is 0 Å². The Morgan fingerprint density at radius 3 is 2.13 bits per heavy atom. The van der Waals surface area contributed by atoms with Crippen molar-refractivity contribution < 1.29 is 21.6 Å². The number of fused-ring (bicyclic) bond motifs is 1. The maximum absolute atomic E-state index is 13.3. The van der Waals surface area contributed by atoms with Crippen molar-refractivity contribution in [2.24, 2.45) is 11.8 Å². The van der Waals surface area contributed by atoms with Crippen LogP contribution in [-0.4, -0.2) is 37.0 Å². The van der Waals surface area contributed by atoms with E-state index in [4.69, 9.17) is 4.98 Å². The van der Waals surface area contributed by atoms with Crippen molar-refractivity contribution in [3.63, 3.8) is 0 Å². The van der Waals surface area contributed by atoms with Crippen molar-refractivity contribution in [3.8, 4) is 0 Å². The Kier molecular flexibility index (Phi) is 8.17. The maximum atomic E-state index is 13.3. The lowest BCUT2D eigenvalue weighted by Crippen LogP contribution is -2.33. The number of hydrogen-bond acceptors (Lipinski definition) is 6. The van der Waals surface area contributed by atoms with Gasteiger partial charge < -0.3 is 10.6 Å². The SMILES string of the molecule is CC(C)(C)Nc1nc(NC[C@H]2CC[C@H](CNS(=O)(=O)c3ccccc3C(F)(F)F)CC2)nc2ccccc12. The first kappa shape index (κ1) is 28.1. The topological polar surface area (TPSA) is 96.0 Å². The Morgan fingerprint density at radius 2 is 1.47 bits per heavy atom. The van der Waals surface area contributed by atoms with Gasteiger partial charge in [0.1, 0.15) is 5.82 Å². The van der Waals surface area contributed by atoms with E-state index in [0.29, 0.717) is 18.4 Å². The van der Waals surface area contributed by atoms with E-state index in [0.717, 1.165) is 54.5 Å². The van der Waals surface area contributed by atoms with E-state index in [-0.39, 0.29) is 18.0 Å². The number of benzene rings is 2. The third-order valence-electron chi connectivity index (χ3n) is 6.66. The van der Waals surface area contributed by atoms with Gasteiger partial charge in [0.2, 0.25) is 16.0 Å². The number of hydrogen-bond donors (Lipinski definition) is 3. The molecule has 3 aromatic rings. The van der Waals surface area contributed by atoms with Crippen molar-refractivity contribution in [2.75, 3.05) is 23.7 Å². The molecule has 0 aliphatic heterocycles. The first-order chi connectivity index (χ1) is 17.8. The second kappa shape index (κ2) is 11.1. The van der Waals surface area contributed by atoms with Gasteiger partial charge in [-0.05, 0) is 82.6 Å². The van der Waals surface area contributed by atoms with Gasteiger partial charge in [-0.1, -0.05) is 24.3 Å². The molecule has 1 aliphatic carbocycles. The van der Waals surface area contributed by atoms with Crippen molar-refractivity contribution in [2.45, 2.75) is 63.1 Å². The maximum Gasteiger partial charge on any atom is 0.417 e. The van der Waals surface area contributed by atoms with E-state index in [2.05, 4.69) is 41.1 Å². The highest BCUT2D eigenvalue weighted by molar-refractivity contribution is 7.89. The molecule has 0 radical (unpaired) electrons. The quantitative estimate of drug-likeness (QED) is 0.316. The van der Waals surface area contributed by atoms with Crippen LogP contribution in [0.15, 0.2) is 53.4 Å². The van der Waals surface area contributed by atoms with Crippen LogP contribution in [0.1, 0.15) is 52.0 Å². The summed E-state index contributed by atoms with van der Waals surface area (Å²) < 4.78 is 67.5. The molecule has 4 rings (SSSR count). The largest absolute Gasteiger partial charge is 0.417 e. The van der Waals surface area contributed by atoms with Crippen molar-refractivity contribution in [1.82, 2.24) is 14.7 Å². The highest BCUT2D eigenvalue weighted by atomic mass is 32.2. The van der Waals surface area contributed by atoms with Gasteiger partial charge in [0.15, 0.2) is 0 Å². The summed E-state index contributed by atoms with van der Waals surface area (Å²) in [6, 6.07) is 12.1. The summed E-state index contributed by atoms with van der Waals surface area (Å²) in [5.74, 6) is 1.75. The number of nitrogens with zero attached hydrogens (tertiary/aromatic N) is 2. The highest BCUT2D eigenvalue weighted by Gasteiger charge is 2.37. The molecule has 7 nitrogen and oxygen atoms in total. The molecule has 0 bridgehead atoms. The molecule has 0 spiro atoms. The minimum Gasteiger partial charge on any atom is -0.365 e. The molecule has 0 unspecified atom stereocenters. The van der Waals surface area contributed by atoms with Crippen LogP contribution in [0.25, 0.3) is 10.9 Å². The Hall–Kier alpha value is -2.92. The summed E-state index contributed by atoms with van der Waals surface area (Å²) in [5, 5.41) is 7.77. The standard InChI is InChI=1S/C27H34F3N5O2S/c1-26(2,3)35-24-20-8-4-6-10-22(20)33-25(34-24)31-16-18-12-14-19(15-13-18)17-32-38(36,37)23-11-7-5-9-21(23)27(28,29)30/h4-11,18-19,32H,12-17H2,1-3H3,(H2,31,33,34,35)/t18-,19-. The first-order valence-corrected chi connectivity index (χ1v) is 14.2. The van der Waals surface area contributed by atoms with Crippen LogP contribution in [0, 0.1) is 11.8 Å². The third kappa shape index (κ3) is 7.13. The molecular weight excluding hydrogens is 515 g/mol. The van der Waals surface area contributed by atoms with Crippen LogP contribution in [0.3, 0.4) is 0 Å². The fourth-order valence-corrected chi connectivity index (χ4v) is 6.06. The normalized spacial score (nSPS) is 18.9. The van der Waals surface area contributed by atoms with E-state index in [9.17, 15) is 21.6 Å². The summed E-state index contributed by atoms with van der Waals surface area (Å²) >= 11 is 0. The number of sulfonamides is 1. The second-order valence-electron chi connectivity index (χ2n) is 10.9. The average Bonchev–Trinajstić information content (AvgIpc) is 2.85. The van der Waals surface area contributed by atoms with Crippen molar-refractivity contribution in [3.05, 3.63) is 54.1 Å². The van der Waals surface area contributed by atoms with Crippen LogP contribution < -0.4 is 15.4 Å². The highest BCUT2D eigenvalue weighted by Crippen LogP contribution is 2.34. The molecular formula is C27H34F3N5O2S. The number of para-hydroxylation sites is 1. The number of aromatic nitrogens is 2. The summed E-state index contributed by atoms with van der Waals surface area (Å²) in [4.78, 5) is 8.63. The molecule has 1 aliphatic rings. The summed E-state index contributed by atoms with van der Waals surface area (Å²) in [7, 11) is -4.27. The molecule has 206 valence electrons. The second-order valence-corrected chi connectivity index (χ2v) is 12.6.